The van der Waals surface area contributed by atoms with E-state index < -0.39 is 15.7 Å². The Morgan fingerprint density at radius 1 is 1.58 bits per heavy atom. The van der Waals surface area contributed by atoms with Crippen LogP contribution in [0.1, 0.15) is 33.1 Å². The van der Waals surface area contributed by atoms with Gasteiger partial charge in [0, 0.05) is 6.61 Å². The average molecular weight is 190 g/mol. The number of carbonyl (C=O) groups is 1. The van der Waals surface area contributed by atoms with Gasteiger partial charge in [-0.3, -0.25) is 4.79 Å². The molecule has 0 aromatic rings. The van der Waals surface area contributed by atoms with Crippen LogP contribution in [0.15, 0.2) is 0 Å². The molecule has 0 saturated heterocycles. The van der Waals surface area contributed by atoms with E-state index >= 15 is 0 Å². The van der Waals surface area contributed by atoms with Crippen molar-refractivity contribution in [3.05, 3.63) is 0 Å². The minimum Gasteiger partial charge on any atom is -0.481 e. The van der Waals surface area contributed by atoms with E-state index in [1.807, 2.05) is 6.92 Å². The van der Waals surface area contributed by atoms with Crippen LogP contribution in [-0.4, -0.2) is 27.4 Å². The highest BCUT2D eigenvalue weighted by Crippen LogP contribution is 2.13. The van der Waals surface area contributed by atoms with Crippen LogP contribution < -0.4 is 0 Å². The van der Waals surface area contributed by atoms with E-state index in [0.29, 0.717) is 6.61 Å². The first-order valence-electron chi connectivity index (χ1n) is 4.52. The molecule has 0 radical (unpaired) electrons. The Bertz CT molecular complexity index is 119. The zero-order valence-electron chi connectivity index (χ0n) is 7.88. The number of carboxylic acids is 1. The Kier molecular flexibility index (Phi) is 7.09. The van der Waals surface area contributed by atoms with Crippen molar-refractivity contribution < 1.29 is 14.3 Å². The van der Waals surface area contributed by atoms with Gasteiger partial charge >= 0.3 is 5.97 Å². The Morgan fingerprint density at radius 3 is 2.67 bits per heavy atom. The lowest BCUT2D eigenvalue weighted by molar-refractivity contribution is -0.137. The molecule has 1 atom stereocenters. The third-order valence-electron chi connectivity index (χ3n) is 1.78. The number of hydrogen-bond acceptors (Lipinski definition) is 2. The maximum atomic E-state index is 10.7. The zero-order chi connectivity index (χ0) is 9.40. The van der Waals surface area contributed by atoms with Gasteiger partial charge < -0.3 is 9.53 Å². The molecular formula is C8H18O3Si. The largest absolute Gasteiger partial charge is 0.481 e. The topological polar surface area (TPSA) is 46.5 Å². The first-order valence-corrected chi connectivity index (χ1v) is 5.92. The van der Waals surface area contributed by atoms with Gasteiger partial charge in [0.2, 0.25) is 0 Å². The smallest absolute Gasteiger partial charge is 0.305 e. The zero-order valence-corrected chi connectivity index (χ0v) is 9.29. The highest BCUT2D eigenvalue weighted by atomic mass is 28.2. The molecule has 1 unspecified atom stereocenters. The molecule has 0 aliphatic heterocycles. The van der Waals surface area contributed by atoms with Crippen molar-refractivity contribution in [1.82, 2.24) is 0 Å². The van der Waals surface area contributed by atoms with Crippen LogP contribution in [0.3, 0.4) is 0 Å². The highest BCUT2D eigenvalue weighted by Gasteiger charge is 2.17. The maximum Gasteiger partial charge on any atom is 0.305 e. The van der Waals surface area contributed by atoms with Crippen molar-refractivity contribution in [2.24, 2.45) is 0 Å². The van der Waals surface area contributed by atoms with Gasteiger partial charge in [0.15, 0.2) is 9.76 Å². The van der Waals surface area contributed by atoms with E-state index in [-0.39, 0.29) is 5.54 Å². The van der Waals surface area contributed by atoms with E-state index in [0.717, 1.165) is 19.3 Å². The van der Waals surface area contributed by atoms with Crippen LogP contribution in [0.25, 0.3) is 0 Å². The summed E-state index contributed by atoms with van der Waals surface area (Å²) in [6.07, 6.45) is 2.85. The van der Waals surface area contributed by atoms with E-state index in [1.165, 1.54) is 0 Å². The summed E-state index contributed by atoms with van der Waals surface area (Å²) in [7, 11) is -0.842. The Hall–Kier alpha value is -0.353. The van der Waals surface area contributed by atoms with Crippen LogP contribution in [0.4, 0.5) is 0 Å². The van der Waals surface area contributed by atoms with Crippen LogP contribution in [-0.2, 0) is 9.22 Å². The summed E-state index contributed by atoms with van der Waals surface area (Å²) in [5.41, 5.74) is -0.176. The molecule has 0 spiro atoms. The minimum atomic E-state index is -0.842. The van der Waals surface area contributed by atoms with Gasteiger partial charge in [0.05, 0.1) is 5.54 Å². The third-order valence-corrected chi connectivity index (χ3v) is 3.58. The average Bonchev–Trinajstić information content (AvgIpc) is 2.04. The van der Waals surface area contributed by atoms with Crippen molar-refractivity contribution in [2.45, 2.75) is 38.7 Å². The second-order valence-corrected chi connectivity index (χ2v) is 4.56. The van der Waals surface area contributed by atoms with E-state index in [2.05, 4.69) is 6.92 Å². The second kappa shape index (κ2) is 7.30. The van der Waals surface area contributed by atoms with Crippen LogP contribution in [0.2, 0.25) is 5.54 Å². The van der Waals surface area contributed by atoms with E-state index in [1.54, 1.807) is 0 Å². The van der Waals surface area contributed by atoms with Crippen molar-refractivity contribution >= 4 is 15.7 Å². The summed E-state index contributed by atoms with van der Waals surface area (Å²) < 4.78 is 5.21. The molecule has 3 nitrogen and oxygen atoms in total. The lowest BCUT2D eigenvalue weighted by Crippen LogP contribution is -2.17. The normalized spacial score (nSPS) is 13.8. The summed E-state index contributed by atoms with van der Waals surface area (Å²) in [5, 5.41) is 8.78. The molecule has 0 heterocycles. The molecule has 0 aliphatic carbocycles. The van der Waals surface area contributed by atoms with Gasteiger partial charge in [0.25, 0.3) is 0 Å². The van der Waals surface area contributed by atoms with Gasteiger partial charge in [-0.25, -0.2) is 0 Å². The molecule has 1 N–H and O–H groups in total. The predicted molar refractivity (Wildman–Crippen MR) is 51.1 cm³/mol. The molecule has 0 fully saturated rings. The number of carboxylic acid groups (broad SMARTS) is 1. The van der Waals surface area contributed by atoms with E-state index in [4.69, 9.17) is 9.53 Å². The molecule has 0 aromatic heterocycles. The Morgan fingerprint density at radius 2 is 2.25 bits per heavy atom. The van der Waals surface area contributed by atoms with Gasteiger partial charge in [-0.05, 0) is 13.3 Å². The van der Waals surface area contributed by atoms with Crippen molar-refractivity contribution in [2.75, 3.05) is 6.61 Å². The van der Waals surface area contributed by atoms with Crippen LogP contribution >= 0.6 is 0 Å². The number of aliphatic carboxylic acids is 1. The first-order chi connectivity index (χ1) is 5.72. The first kappa shape index (κ1) is 11.6. The molecule has 0 bridgehead atoms. The number of rotatable bonds is 7. The highest BCUT2D eigenvalue weighted by molar-refractivity contribution is 6.36. The monoisotopic (exact) mass is 190 g/mol. The van der Waals surface area contributed by atoms with E-state index in [9.17, 15) is 4.79 Å². The molecule has 72 valence electrons. The SMILES string of the molecule is CCCCC([SiH2]OCC)C(=O)O. The molecule has 0 aliphatic rings. The molecule has 0 amide bonds. The maximum absolute atomic E-state index is 10.7. The van der Waals surface area contributed by atoms with Crippen molar-refractivity contribution in [3.63, 3.8) is 0 Å². The molecule has 12 heavy (non-hydrogen) atoms. The van der Waals surface area contributed by atoms with Crippen molar-refractivity contribution in [3.8, 4) is 0 Å². The quantitative estimate of drug-likeness (QED) is 0.613. The van der Waals surface area contributed by atoms with Crippen LogP contribution in [0, 0.1) is 0 Å². The molecule has 0 saturated carbocycles. The molecule has 0 rings (SSSR count). The number of hydrogen-bond donors (Lipinski definition) is 1. The summed E-state index contributed by atoms with van der Waals surface area (Å²) in [4.78, 5) is 10.7. The van der Waals surface area contributed by atoms with Crippen LogP contribution in [0.5, 0.6) is 0 Å². The summed E-state index contributed by atoms with van der Waals surface area (Å²) in [6, 6.07) is 0. The fourth-order valence-corrected chi connectivity index (χ4v) is 2.11. The molecule has 0 aromatic carbocycles. The van der Waals surface area contributed by atoms with Crippen molar-refractivity contribution in [1.29, 1.82) is 0 Å². The standard InChI is InChI=1S/C8H18O3Si/c1-3-5-6-7(8(9)10)12-11-4-2/h7H,3-6,12H2,1-2H3,(H,9,10). The van der Waals surface area contributed by atoms with Gasteiger partial charge in [-0.1, -0.05) is 19.8 Å². The summed E-state index contributed by atoms with van der Waals surface area (Å²) >= 11 is 0. The molecular weight excluding hydrogens is 172 g/mol. The van der Waals surface area contributed by atoms with Gasteiger partial charge in [-0.2, -0.15) is 0 Å². The van der Waals surface area contributed by atoms with Gasteiger partial charge in [-0.15, -0.1) is 0 Å². The fourth-order valence-electron chi connectivity index (χ4n) is 0.989. The molecule has 4 heteroatoms. The Balaban J connectivity index is 3.62. The predicted octanol–water partition coefficient (Wildman–Crippen LogP) is 1.17. The van der Waals surface area contributed by atoms with Gasteiger partial charge in [0.1, 0.15) is 0 Å². The lowest BCUT2D eigenvalue weighted by Gasteiger charge is -2.09. The third kappa shape index (κ3) is 5.32. The lowest BCUT2D eigenvalue weighted by atomic mass is 10.2. The second-order valence-electron chi connectivity index (χ2n) is 2.84. The summed E-state index contributed by atoms with van der Waals surface area (Å²) in [5.74, 6) is -0.677. The number of unbranched alkanes of at least 4 members (excludes halogenated alkanes) is 1. The Labute approximate surface area is 76.1 Å². The summed E-state index contributed by atoms with van der Waals surface area (Å²) in [6.45, 7) is 4.63. The minimum absolute atomic E-state index is 0.176. The fraction of sp³-hybridized carbons (Fsp3) is 0.875.